The standard InChI is InChI=1S/C16H24ClNO/c1-12(10-13-6-5-7-14(17)11-13)18-15-8-3-4-9-16(15)19-2/h5-7,11-12,15-16,18H,3-4,8-10H2,1-2H3. The van der Waals surface area contributed by atoms with Crippen molar-refractivity contribution >= 4 is 11.6 Å². The average Bonchev–Trinajstić information content (AvgIpc) is 2.39. The molecule has 1 saturated carbocycles. The van der Waals surface area contributed by atoms with Crippen LogP contribution in [0.4, 0.5) is 0 Å². The molecule has 0 saturated heterocycles. The summed E-state index contributed by atoms with van der Waals surface area (Å²) < 4.78 is 5.59. The van der Waals surface area contributed by atoms with Crippen LogP contribution in [-0.2, 0) is 11.2 Å². The van der Waals surface area contributed by atoms with E-state index in [0.29, 0.717) is 18.2 Å². The lowest BCUT2D eigenvalue weighted by atomic mass is 9.91. The zero-order valence-electron chi connectivity index (χ0n) is 11.9. The van der Waals surface area contributed by atoms with Gasteiger partial charge in [0.25, 0.3) is 0 Å². The molecular formula is C16H24ClNO. The molecule has 106 valence electrons. The lowest BCUT2D eigenvalue weighted by molar-refractivity contribution is 0.0384. The highest BCUT2D eigenvalue weighted by Gasteiger charge is 2.25. The van der Waals surface area contributed by atoms with Gasteiger partial charge in [-0.3, -0.25) is 0 Å². The Labute approximate surface area is 121 Å². The fourth-order valence-corrected chi connectivity index (χ4v) is 3.22. The van der Waals surface area contributed by atoms with Gasteiger partial charge in [0.05, 0.1) is 6.10 Å². The van der Waals surface area contributed by atoms with Crippen molar-refractivity contribution in [2.75, 3.05) is 7.11 Å². The van der Waals surface area contributed by atoms with Gasteiger partial charge in [0, 0.05) is 24.2 Å². The SMILES string of the molecule is COC1CCCCC1NC(C)Cc1cccc(Cl)c1. The van der Waals surface area contributed by atoms with Crippen LogP contribution in [0.5, 0.6) is 0 Å². The number of ether oxygens (including phenoxy) is 1. The maximum atomic E-state index is 6.03. The monoisotopic (exact) mass is 281 g/mol. The minimum atomic E-state index is 0.371. The molecule has 3 unspecified atom stereocenters. The highest BCUT2D eigenvalue weighted by Crippen LogP contribution is 2.21. The second-order valence-corrected chi connectivity index (χ2v) is 6.00. The third-order valence-corrected chi connectivity index (χ3v) is 4.17. The van der Waals surface area contributed by atoms with Crippen LogP contribution in [0.3, 0.4) is 0 Å². The van der Waals surface area contributed by atoms with Crippen LogP contribution < -0.4 is 5.32 Å². The molecule has 1 aromatic rings. The zero-order valence-corrected chi connectivity index (χ0v) is 12.6. The van der Waals surface area contributed by atoms with Crippen LogP contribution in [0, 0.1) is 0 Å². The molecule has 1 fully saturated rings. The fourth-order valence-electron chi connectivity index (χ4n) is 3.01. The highest BCUT2D eigenvalue weighted by atomic mass is 35.5. The van der Waals surface area contributed by atoms with Gasteiger partial charge in [-0.15, -0.1) is 0 Å². The minimum Gasteiger partial charge on any atom is -0.380 e. The van der Waals surface area contributed by atoms with Gasteiger partial charge in [-0.05, 0) is 43.9 Å². The summed E-state index contributed by atoms with van der Waals surface area (Å²) >= 11 is 6.03. The molecule has 2 rings (SSSR count). The number of nitrogens with one attached hydrogen (secondary N) is 1. The van der Waals surface area contributed by atoms with Crippen molar-refractivity contribution in [3.05, 3.63) is 34.9 Å². The first kappa shape index (κ1) is 14.8. The maximum absolute atomic E-state index is 6.03. The molecule has 1 aliphatic rings. The molecule has 1 N–H and O–H groups in total. The van der Waals surface area contributed by atoms with Crippen molar-refractivity contribution in [3.8, 4) is 0 Å². The van der Waals surface area contributed by atoms with Gasteiger partial charge in [-0.1, -0.05) is 36.6 Å². The summed E-state index contributed by atoms with van der Waals surface area (Å²) in [6.07, 6.45) is 6.38. The van der Waals surface area contributed by atoms with E-state index in [1.54, 1.807) is 0 Å². The summed E-state index contributed by atoms with van der Waals surface area (Å²) in [6.45, 7) is 2.24. The number of rotatable bonds is 5. The van der Waals surface area contributed by atoms with Crippen LogP contribution in [-0.4, -0.2) is 25.3 Å². The van der Waals surface area contributed by atoms with E-state index in [4.69, 9.17) is 16.3 Å². The Morgan fingerprint density at radius 2 is 2.16 bits per heavy atom. The summed E-state index contributed by atoms with van der Waals surface area (Å²) in [5, 5.41) is 4.54. The van der Waals surface area contributed by atoms with Crippen molar-refractivity contribution < 1.29 is 4.74 Å². The third-order valence-electron chi connectivity index (χ3n) is 3.93. The second-order valence-electron chi connectivity index (χ2n) is 5.57. The molecule has 2 nitrogen and oxygen atoms in total. The number of hydrogen-bond donors (Lipinski definition) is 1. The van der Waals surface area contributed by atoms with E-state index >= 15 is 0 Å². The van der Waals surface area contributed by atoms with E-state index in [2.05, 4.69) is 24.4 Å². The largest absolute Gasteiger partial charge is 0.380 e. The van der Waals surface area contributed by atoms with Crippen LogP contribution in [0.15, 0.2) is 24.3 Å². The van der Waals surface area contributed by atoms with Gasteiger partial charge in [-0.2, -0.15) is 0 Å². The van der Waals surface area contributed by atoms with E-state index in [-0.39, 0.29) is 0 Å². The van der Waals surface area contributed by atoms with Crippen molar-refractivity contribution in [2.24, 2.45) is 0 Å². The summed E-state index contributed by atoms with van der Waals surface area (Å²) in [5.74, 6) is 0. The lowest BCUT2D eigenvalue weighted by Crippen LogP contribution is -2.47. The van der Waals surface area contributed by atoms with Gasteiger partial charge in [0.15, 0.2) is 0 Å². The molecule has 1 aliphatic carbocycles. The van der Waals surface area contributed by atoms with E-state index in [0.717, 1.165) is 11.4 Å². The third kappa shape index (κ3) is 4.48. The molecule has 0 aliphatic heterocycles. The number of methoxy groups -OCH3 is 1. The second kappa shape index (κ2) is 7.28. The Hall–Kier alpha value is -0.570. The Bertz CT molecular complexity index is 396. The summed E-state index contributed by atoms with van der Waals surface area (Å²) in [7, 11) is 1.83. The Morgan fingerprint density at radius 1 is 1.37 bits per heavy atom. The molecule has 0 amide bonds. The summed E-state index contributed by atoms with van der Waals surface area (Å²) in [6, 6.07) is 9.06. The molecule has 3 atom stereocenters. The molecule has 0 aromatic heterocycles. The predicted molar refractivity (Wildman–Crippen MR) is 80.8 cm³/mol. The van der Waals surface area contributed by atoms with Crippen LogP contribution in [0.1, 0.15) is 38.2 Å². The van der Waals surface area contributed by atoms with Crippen molar-refractivity contribution in [3.63, 3.8) is 0 Å². The van der Waals surface area contributed by atoms with E-state index in [1.165, 1.54) is 31.2 Å². The molecule has 3 heteroatoms. The van der Waals surface area contributed by atoms with Crippen LogP contribution in [0.2, 0.25) is 5.02 Å². The molecule has 0 spiro atoms. The number of benzene rings is 1. The van der Waals surface area contributed by atoms with Crippen molar-refractivity contribution in [1.82, 2.24) is 5.32 Å². The highest BCUT2D eigenvalue weighted by molar-refractivity contribution is 6.30. The molecule has 0 radical (unpaired) electrons. The minimum absolute atomic E-state index is 0.371. The van der Waals surface area contributed by atoms with Gasteiger partial charge in [0.1, 0.15) is 0 Å². The van der Waals surface area contributed by atoms with Gasteiger partial charge in [-0.25, -0.2) is 0 Å². The van der Waals surface area contributed by atoms with Crippen LogP contribution in [0.25, 0.3) is 0 Å². The predicted octanol–water partition coefficient (Wildman–Crippen LogP) is 3.82. The maximum Gasteiger partial charge on any atom is 0.0724 e. The zero-order chi connectivity index (χ0) is 13.7. The Kier molecular flexibility index (Phi) is 5.68. The Balaban J connectivity index is 1.87. The molecule has 0 bridgehead atoms. The first-order valence-corrected chi connectivity index (χ1v) is 7.60. The molecule has 0 heterocycles. The summed E-state index contributed by atoms with van der Waals surface area (Å²) in [4.78, 5) is 0. The average molecular weight is 282 g/mol. The topological polar surface area (TPSA) is 21.3 Å². The van der Waals surface area contributed by atoms with E-state index in [9.17, 15) is 0 Å². The normalized spacial score (nSPS) is 25.2. The van der Waals surface area contributed by atoms with E-state index in [1.807, 2.05) is 19.2 Å². The molecule has 19 heavy (non-hydrogen) atoms. The number of halogens is 1. The smallest absolute Gasteiger partial charge is 0.0724 e. The lowest BCUT2D eigenvalue weighted by Gasteiger charge is -2.33. The van der Waals surface area contributed by atoms with Gasteiger partial charge in [0.2, 0.25) is 0 Å². The molecular weight excluding hydrogens is 258 g/mol. The fraction of sp³-hybridized carbons (Fsp3) is 0.625. The van der Waals surface area contributed by atoms with Gasteiger partial charge < -0.3 is 10.1 Å². The van der Waals surface area contributed by atoms with Crippen molar-refractivity contribution in [2.45, 2.75) is 57.2 Å². The summed E-state index contributed by atoms with van der Waals surface area (Å²) in [5.41, 5.74) is 1.29. The van der Waals surface area contributed by atoms with E-state index < -0.39 is 0 Å². The van der Waals surface area contributed by atoms with Crippen molar-refractivity contribution in [1.29, 1.82) is 0 Å². The van der Waals surface area contributed by atoms with Gasteiger partial charge >= 0.3 is 0 Å². The van der Waals surface area contributed by atoms with Crippen LogP contribution >= 0.6 is 11.6 Å². The first-order chi connectivity index (χ1) is 9.19. The number of hydrogen-bond acceptors (Lipinski definition) is 2. The Morgan fingerprint density at radius 3 is 2.89 bits per heavy atom. The first-order valence-electron chi connectivity index (χ1n) is 7.22. The molecule has 1 aromatic carbocycles. The quantitative estimate of drug-likeness (QED) is 0.886.